The average Bonchev–Trinajstić information content (AvgIpc) is 3.19. The molecule has 25 heavy (non-hydrogen) atoms. The molecule has 3 rings (SSSR count). The van der Waals surface area contributed by atoms with Crippen LogP contribution in [0.4, 0.5) is 0 Å². The summed E-state index contributed by atoms with van der Waals surface area (Å²) >= 11 is 0. The Morgan fingerprint density at radius 1 is 1.28 bits per heavy atom. The van der Waals surface area contributed by atoms with Crippen molar-refractivity contribution in [2.24, 2.45) is 11.7 Å². The Kier molecular flexibility index (Phi) is 5.00. The van der Waals surface area contributed by atoms with Gasteiger partial charge in [-0.3, -0.25) is 4.79 Å². The van der Waals surface area contributed by atoms with Gasteiger partial charge in [0.1, 0.15) is 0 Å². The number of carbonyl (C=O) groups excluding carboxylic acids is 1. The maximum absolute atomic E-state index is 13.0. The first kappa shape index (κ1) is 17.7. The fraction of sp³-hybridized carbons (Fsp3) is 0.476. The first-order valence-corrected chi connectivity index (χ1v) is 9.21. The minimum absolute atomic E-state index is 0.135. The Hall–Kier alpha value is -2.07. The van der Waals surface area contributed by atoms with E-state index in [2.05, 4.69) is 49.6 Å². The normalized spacial score (nSPS) is 17.5. The maximum atomic E-state index is 13.0. The van der Waals surface area contributed by atoms with Gasteiger partial charge in [0, 0.05) is 30.2 Å². The van der Waals surface area contributed by atoms with Crippen molar-refractivity contribution in [3.05, 3.63) is 52.8 Å². The van der Waals surface area contributed by atoms with Crippen molar-refractivity contribution in [2.75, 3.05) is 19.6 Å². The number of aryl methyl sites for hydroxylation is 1. The molecule has 1 aliphatic rings. The predicted octanol–water partition coefficient (Wildman–Crippen LogP) is 3.64. The van der Waals surface area contributed by atoms with Gasteiger partial charge in [0.2, 0.25) is 0 Å². The molecule has 0 saturated carbocycles. The third kappa shape index (κ3) is 3.36. The number of likely N-dealkylation sites (tertiary alicyclic amines) is 1. The molecule has 2 aromatic rings. The summed E-state index contributed by atoms with van der Waals surface area (Å²) in [6.07, 6.45) is 1.01. The van der Waals surface area contributed by atoms with Crippen molar-refractivity contribution in [2.45, 2.75) is 40.0 Å². The van der Waals surface area contributed by atoms with E-state index in [9.17, 15) is 4.79 Å². The summed E-state index contributed by atoms with van der Waals surface area (Å²) in [7, 11) is 0. The van der Waals surface area contributed by atoms with Gasteiger partial charge >= 0.3 is 0 Å². The highest BCUT2D eigenvalue weighted by Gasteiger charge is 2.28. The molecule has 0 radical (unpaired) electrons. The van der Waals surface area contributed by atoms with Crippen LogP contribution in [0.1, 0.15) is 53.5 Å². The lowest BCUT2D eigenvalue weighted by Gasteiger charge is -2.17. The quantitative estimate of drug-likeness (QED) is 0.924. The summed E-state index contributed by atoms with van der Waals surface area (Å²) in [5.74, 6) is 1.06. The van der Waals surface area contributed by atoms with Crippen LogP contribution in [-0.4, -0.2) is 35.0 Å². The molecule has 2 heterocycles. The van der Waals surface area contributed by atoms with Gasteiger partial charge in [0.25, 0.3) is 5.91 Å². The Morgan fingerprint density at radius 2 is 2.04 bits per heavy atom. The minimum atomic E-state index is 0.135. The number of aromatic nitrogens is 1. The molecule has 0 aliphatic carbocycles. The Bertz CT molecular complexity index is 775. The van der Waals surface area contributed by atoms with Crippen molar-refractivity contribution in [3.63, 3.8) is 0 Å². The Labute approximate surface area is 150 Å². The summed E-state index contributed by atoms with van der Waals surface area (Å²) in [5, 5.41) is 0. The molecular formula is C21H29N3O. The van der Waals surface area contributed by atoms with Gasteiger partial charge in [-0.25, -0.2) is 0 Å². The van der Waals surface area contributed by atoms with Crippen LogP contribution in [0.2, 0.25) is 0 Å². The van der Waals surface area contributed by atoms with E-state index in [-0.39, 0.29) is 5.91 Å². The molecule has 1 fully saturated rings. The lowest BCUT2D eigenvalue weighted by Crippen LogP contribution is -2.30. The summed E-state index contributed by atoms with van der Waals surface area (Å²) in [6, 6.07) is 10.6. The van der Waals surface area contributed by atoms with E-state index in [4.69, 9.17) is 5.73 Å². The van der Waals surface area contributed by atoms with Crippen molar-refractivity contribution in [3.8, 4) is 5.69 Å². The average molecular weight is 339 g/mol. The number of rotatable bonds is 4. The second-order valence-corrected chi connectivity index (χ2v) is 7.51. The van der Waals surface area contributed by atoms with Crippen LogP contribution in [0.15, 0.2) is 30.3 Å². The smallest absolute Gasteiger partial charge is 0.255 e. The van der Waals surface area contributed by atoms with Crippen molar-refractivity contribution in [1.82, 2.24) is 9.47 Å². The number of benzene rings is 1. The molecule has 1 aliphatic heterocycles. The first-order valence-electron chi connectivity index (χ1n) is 9.21. The van der Waals surface area contributed by atoms with E-state index >= 15 is 0 Å². The molecule has 0 bridgehead atoms. The van der Waals surface area contributed by atoms with E-state index in [0.29, 0.717) is 18.4 Å². The monoisotopic (exact) mass is 339 g/mol. The number of hydrogen-bond acceptors (Lipinski definition) is 2. The van der Waals surface area contributed by atoms with Crippen LogP contribution in [0.5, 0.6) is 0 Å². The molecule has 1 saturated heterocycles. The molecule has 1 aromatic carbocycles. The molecule has 4 nitrogen and oxygen atoms in total. The Balaban J connectivity index is 1.94. The van der Waals surface area contributed by atoms with Crippen LogP contribution in [0.3, 0.4) is 0 Å². The number of amides is 1. The van der Waals surface area contributed by atoms with Gasteiger partial charge < -0.3 is 15.2 Å². The van der Waals surface area contributed by atoms with Gasteiger partial charge in [0.15, 0.2) is 0 Å². The van der Waals surface area contributed by atoms with Crippen molar-refractivity contribution in [1.29, 1.82) is 0 Å². The van der Waals surface area contributed by atoms with Crippen LogP contribution < -0.4 is 5.73 Å². The molecule has 1 aromatic heterocycles. The van der Waals surface area contributed by atoms with Gasteiger partial charge in [-0.15, -0.1) is 0 Å². The summed E-state index contributed by atoms with van der Waals surface area (Å²) in [6.45, 7) is 10.8. The van der Waals surface area contributed by atoms with Crippen LogP contribution in [0.25, 0.3) is 5.69 Å². The zero-order valence-electron chi connectivity index (χ0n) is 15.7. The van der Waals surface area contributed by atoms with Gasteiger partial charge in [-0.05, 0) is 62.4 Å². The number of carbonyl (C=O) groups is 1. The van der Waals surface area contributed by atoms with Crippen LogP contribution in [-0.2, 0) is 0 Å². The summed E-state index contributed by atoms with van der Waals surface area (Å²) in [4.78, 5) is 14.9. The maximum Gasteiger partial charge on any atom is 0.255 e. The fourth-order valence-corrected chi connectivity index (χ4v) is 3.78. The molecular weight excluding hydrogens is 310 g/mol. The standard InChI is InChI=1S/C21H29N3O/c1-14(2)18-6-5-7-19(11-18)24-15(3)10-20(16(24)4)21(25)23-9-8-17(12-22)13-23/h5-7,10-11,14,17H,8-9,12-13,22H2,1-4H3. The zero-order chi connectivity index (χ0) is 18.1. The number of nitrogens with zero attached hydrogens (tertiary/aromatic N) is 2. The lowest BCUT2D eigenvalue weighted by molar-refractivity contribution is 0.0787. The SMILES string of the molecule is Cc1cc(C(=O)N2CCC(CN)C2)c(C)n1-c1cccc(C(C)C)c1. The molecule has 0 spiro atoms. The second-order valence-electron chi connectivity index (χ2n) is 7.51. The zero-order valence-corrected chi connectivity index (χ0v) is 15.7. The van der Waals surface area contributed by atoms with E-state index in [0.717, 1.165) is 42.1 Å². The third-order valence-corrected chi connectivity index (χ3v) is 5.36. The molecule has 134 valence electrons. The summed E-state index contributed by atoms with van der Waals surface area (Å²) < 4.78 is 2.19. The van der Waals surface area contributed by atoms with E-state index in [1.54, 1.807) is 0 Å². The van der Waals surface area contributed by atoms with Crippen molar-refractivity contribution < 1.29 is 4.79 Å². The predicted molar refractivity (Wildman–Crippen MR) is 102 cm³/mol. The van der Waals surface area contributed by atoms with Gasteiger partial charge in [-0.1, -0.05) is 26.0 Å². The topological polar surface area (TPSA) is 51.3 Å². The number of nitrogens with two attached hydrogens (primary N) is 1. The van der Waals surface area contributed by atoms with E-state index in [1.165, 1.54) is 5.56 Å². The van der Waals surface area contributed by atoms with E-state index < -0.39 is 0 Å². The number of hydrogen-bond donors (Lipinski definition) is 1. The molecule has 1 unspecified atom stereocenters. The van der Waals surface area contributed by atoms with Crippen molar-refractivity contribution >= 4 is 5.91 Å². The minimum Gasteiger partial charge on any atom is -0.338 e. The third-order valence-electron chi connectivity index (χ3n) is 5.36. The van der Waals surface area contributed by atoms with Gasteiger partial charge in [-0.2, -0.15) is 0 Å². The molecule has 2 N–H and O–H groups in total. The lowest BCUT2D eigenvalue weighted by atomic mass is 10.0. The fourth-order valence-electron chi connectivity index (χ4n) is 3.78. The largest absolute Gasteiger partial charge is 0.338 e. The molecule has 1 atom stereocenters. The highest BCUT2D eigenvalue weighted by atomic mass is 16.2. The highest BCUT2D eigenvalue weighted by Crippen LogP contribution is 2.26. The van der Waals surface area contributed by atoms with Gasteiger partial charge in [0.05, 0.1) is 5.56 Å². The summed E-state index contributed by atoms with van der Waals surface area (Å²) in [5.41, 5.74) is 11.1. The van der Waals surface area contributed by atoms with Crippen LogP contribution in [0, 0.1) is 19.8 Å². The molecule has 4 heteroatoms. The highest BCUT2D eigenvalue weighted by molar-refractivity contribution is 5.96. The Morgan fingerprint density at radius 3 is 2.68 bits per heavy atom. The van der Waals surface area contributed by atoms with Crippen LogP contribution >= 0.6 is 0 Å². The van der Waals surface area contributed by atoms with E-state index in [1.807, 2.05) is 17.9 Å². The second kappa shape index (κ2) is 7.04. The first-order chi connectivity index (χ1) is 11.9. The molecule has 1 amide bonds.